The zero-order chi connectivity index (χ0) is 21.0. The second-order valence-electron chi connectivity index (χ2n) is 7.03. The summed E-state index contributed by atoms with van der Waals surface area (Å²) >= 11 is 0. The van der Waals surface area contributed by atoms with Gasteiger partial charge in [-0.1, -0.05) is 30.3 Å². The van der Waals surface area contributed by atoms with E-state index in [1.807, 2.05) is 12.1 Å². The second kappa shape index (κ2) is 6.48. The first-order valence-corrected chi connectivity index (χ1v) is 9.27. The molecule has 0 spiro atoms. The van der Waals surface area contributed by atoms with Gasteiger partial charge in [0.15, 0.2) is 17.3 Å². The summed E-state index contributed by atoms with van der Waals surface area (Å²) in [5.41, 5.74) is 2.07. The first-order valence-electron chi connectivity index (χ1n) is 9.27. The number of hydrogen-bond donors (Lipinski definition) is 3. The number of allylic oxidation sites excluding steroid dienone is 1. The summed E-state index contributed by atoms with van der Waals surface area (Å²) in [5, 5.41) is 3.11. The number of ketones is 1. The Morgan fingerprint density at radius 2 is 1.60 bits per heavy atom. The molecule has 8 heteroatoms. The lowest BCUT2D eigenvalue weighted by Crippen LogP contribution is -2.33. The van der Waals surface area contributed by atoms with E-state index in [1.165, 1.54) is 14.2 Å². The molecule has 150 valence electrons. The molecule has 2 aliphatic rings. The Hall–Kier alpha value is -4.07. The molecule has 2 heterocycles. The summed E-state index contributed by atoms with van der Waals surface area (Å²) in [6.07, 6.45) is 0. The van der Waals surface area contributed by atoms with E-state index in [4.69, 9.17) is 9.47 Å². The molecule has 1 aliphatic carbocycles. The molecule has 3 aromatic rings. The van der Waals surface area contributed by atoms with Crippen molar-refractivity contribution in [3.05, 3.63) is 91.1 Å². The number of nitrogens with one attached hydrogen (secondary N) is 3. The van der Waals surface area contributed by atoms with Crippen molar-refractivity contribution >= 4 is 17.3 Å². The maximum Gasteiger partial charge on any atom is 0.327 e. The molecule has 1 aliphatic heterocycles. The third-order valence-corrected chi connectivity index (χ3v) is 5.50. The van der Waals surface area contributed by atoms with Crippen LogP contribution in [0.2, 0.25) is 0 Å². The molecule has 1 atom stereocenters. The highest BCUT2D eigenvalue weighted by Gasteiger charge is 2.41. The molecule has 0 saturated heterocycles. The molecule has 0 amide bonds. The number of aromatic amines is 2. The van der Waals surface area contributed by atoms with Gasteiger partial charge in [-0.25, -0.2) is 4.79 Å². The Labute approximate surface area is 170 Å². The number of Topliss-reactive ketones (excluding diaryl/α,β-unsaturated/α-hetero) is 1. The van der Waals surface area contributed by atoms with Gasteiger partial charge in [0.05, 0.1) is 25.5 Å². The zero-order valence-corrected chi connectivity index (χ0v) is 16.2. The summed E-state index contributed by atoms with van der Waals surface area (Å²) in [7, 11) is 3.05. The number of aromatic nitrogens is 2. The van der Waals surface area contributed by atoms with Gasteiger partial charge in [0.1, 0.15) is 5.82 Å². The molecular weight excluding hydrogens is 386 g/mol. The van der Waals surface area contributed by atoms with E-state index in [9.17, 15) is 14.4 Å². The fraction of sp³-hybridized carbons (Fsp3) is 0.136. The quantitative estimate of drug-likeness (QED) is 0.618. The van der Waals surface area contributed by atoms with Gasteiger partial charge in [-0.3, -0.25) is 19.6 Å². The minimum Gasteiger partial charge on any atom is -0.493 e. The third-order valence-electron chi connectivity index (χ3n) is 5.50. The highest BCUT2D eigenvalue weighted by molar-refractivity contribution is 6.23. The van der Waals surface area contributed by atoms with Gasteiger partial charge in [-0.05, 0) is 17.7 Å². The largest absolute Gasteiger partial charge is 0.493 e. The average molecular weight is 403 g/mol. The number of fused-ring (bicyclic) bond motifs is 3. The number of H-pyrrole nitrogens is 2. The van der Waals surface area contributed by atoms with Crippen molar-refractivity contribution in [1.82, 2.24) is 9.97 Å². The van der Waals surface area contributed by atoms with Gasteiger partial charge in [0.2, 0.25) is 0 Å². The van der Waals surface area contributed by atoms with Crippen LogP contribution >= 0.6 is 0 Å². The highest BCUT2D eigenvalue weighted by Crippen LogP contribution is 2.48. The maximum atomic E-state index is 13.3. The topological polar surface area (TPSA) is 113 Å². The van der Waals surface area contributed by atoms with Gasteiger partial charge < -0.3 is 14.8 Å². The van der Waals surface area contributed by atoms with Crippen molar-refractivity contribution in [2.24, 2.45) is 0 Å². The standard InChI is InChI=1S/C22H17N3O5/c1-29-13-8-7-10(9-14(13)30-2)15-16-18(11-5-3-4-6-12(11)19(16)26)23-20-17(15)21(27)25-22(28)24-20/h3-9,15H,1-2H3,(H3,23,24,25,27,28)/t15-/m1/s1. The predicted octanol–water partition coefficient (Wildman–Crippen LogP) is 2.25. The maximum absolute atomic E-state index is 13.3. The molecule has 5 rings (SSSR count). The van der Waals surface area contributed by atoms with Crippen LogP contribution in [0.1, 0.15) is 33.0 Å². The number of rotatable bonds is 3. The van der Waals surface area contributed by atoms with Crippen LogP contribution in [0.3, 0.4) is 0 Å². The molecule has 0 radical (unpaired) electrons. The number of anilines is 1. The minimum atomic E-state index is -0.698. The van der Waals surface area contributed by atoms with Crippen molar-refractivity contribution in [3.8, 4) is 11.5 Å². The Morgan fingerprint density at radius 3 is 2.33 bits per heavy atom. The van der Waals surface area contributed by atoms with Crippen molar-refractivity contribution < 1.29 is 14.3 Å². The van der Waals surface area contributed by atoms with Gasteiger partial charge in [0.25, 0.3) is 5.56 Å². The van der Waals surface area contributed by atoms with Crippen LogP contribution in [0.5, 0.6) is 11.5 Å². The van der Waals surface area contributed by atoms with Crippen LogP contribution in [0.4, 0.5) is 5.82 Å². The van der Waals surface area contributed by atoms with Crippen molar-refractivity contribution in [1.29, 1.82) is 0 Å². The summed E-state index contributed by atoms with van der Waals surface area (Å²) in [5.74, 6) is 0.412. The van der Waals surface area contributed by atoms with Crippen LogP contribution < -0.4 is 26.0 Å². The Bertz CT molecular complexity index is 1370. The van der Waals surface area contributed by atoms with E-state index in [0.717, 1.165) is 5.56 Å². The molecule has 0 fully saturated rings. The van der Waals surface area contributed by atoms with E-state index in [-0.39, 0.29) is 17.2 Å². The van der Waals surface area contributed by atoms with Crippen molar-refractivity contribution in [2.45, 2.75) is 5.92 Å². The van der Waals surface area contributed by atoms with Crippen LogP contribution in [-0.4, -0.2) is 30.0 Å². The molecule has 0 bridgehead atoms. The molecule has 8 nitrogen and oxygen atoms in total. The van der Waals surface area contributed by atoms with Crippen molar-refractivity contribution in [3.63, 3.8) is 0 Å². The van der Waals surface area contributed by atoms with Gasteiger partial charge in [0, 0.05) is 22.6 Å². The number of carbonyl (C=O) groups is 1. The number of ether oxygens (including phenoxy) is 2. The third kappa shape index (κ3) is 2.43. The average Bonchev–Trinajstić information content (AvgIpc) is 3.03. The second-order valence-corrected chi connectivity index (χ2v) is 7.03. The van der Waals surface area contributed by atoms with Gasteiger partial charge >= 0.3 is 5.69 Å². The molecule has 2 aromatic carbocycles. The van der Waals surface area contributed by atoms with Crippen LogP contribution in [-0.2, 0) is 0 Å². The number of benzene rings is 2. The lowest BCUT2D eigenvalue weighted by Gasteiger charge is -2.27. The molecule has 3 N–H and O–H groups in total. The zero-order valence-electron chi connectivity index (χ0n) is 16.2. The van der Waals surface area contributed by atoms with E-state index in [0.29, 0.717) is 33.9 Å². The molecule has 1 aromatic heterocycles. The Kier molecular flexibility index (Phi) is 3.89. The van der Waals surface area contributed by atoms with E-state index in [1.54, 1.807) is 30.3 Å². The van der Waals surface area contributed by atoms with Crippen LogP contribution in [0.15, 0.2) is 57.6 Å². The van der Waals surface area contributed by atoms with Gasteiger partial charge in [-0.2, -0.15) is 0 Å². The van der Waals surface area contributed by atoms with Crippen molar-refractivity contribution in [2.75, 3.05) is 19.5 Å². The van der Waals surface area contributed by atoms with E-state index in [2.05, 4.69) is 15.3 Å². The SMILES string of the molecule is COc1ccc([C@@H]2C3=C(Nc4[nH]c(=O)[nH]c(=O)c42)c2ccccc2C3=O)cc1OC. The molecule has 30 heavy (non-hydrogen) atoms. The monoisotopic (exact) mass is 403 g/mol. The van der Waals surface area contributed by atoms with Crippen LogP contribution in [0.25, 0.3) is 5.70 Å². The smallest absolute Gasteiger partial charge is 0.327 e. The number of hydrogen-bond acceptors (Lipinski definition) is 6. The van der Waals surface area contributed by atoms with Gasteiger partial charge in [-0.15, -0.1) is 0 Å². The lowest BCUT2D eigenvalue weighted by atomic mass is 9.81. The summed E-state index contributed by atoms with van der Waals surface area (Å²) in [6.45, 7) is 0. The minimum absolute atomic E-state index is 0.163. The number of carbonyl (C=O) groups excluding carboxylic acids is 1. The fourth-order valence-corrected chi connectivity index (χ4v) is 4.22. The molecule has 0 unspecified atom stereocenters. The van der Waals surface area contributed by atoms with Crippen LogP contribution in [0, 0.1) is 0 Å². The first kappa shape index (κ1) is 18.0. The lowest BCUT2D eigenvalue weighted by molar-refractivity contribution is 0.103. The number of methoxy groups -OCH3 is 2. The normalized spacial score (nSPS) is 16.5. The summed E-state index contributed by atoms with van der Waals surface area (Å²) < 4.78 is 10.7. The highest BCUT2D eigenvalue weighted by atomic mass is 16.5. The Morgan fingerprint density at radius 1 is 0.867 bits per heavy atom. The van der Waals surface area contributed by atoms with E-state index < -0.39 is 17.2 Å². The summed E-state index contributed by atoms with van der Waals surface area (Å²) in [6, 6.07) is 12.5. The fourth-order valence-electron chi connectivity index (χ4n) is 4.22. The molecular formula is C22H17N3O5. The summed E-state index contributed by atoms with van der Waals surface area (Å²) in [4.78, 5) is 43.0. The first-order chi connectivity index (χ1) is 14.5. The predicted molar refractivity (Wildman–Crippen MR) is 110 cm³/mol. The molecule has 0 saturated carbocycles. The Balaban J connectivity index is 1.82. The van der Waals surface area contributed by atoms with E-state index >= 15 is 0 Å².